The first-order chi connectivity index (χ1) is 11.5. The van der Waals surface area contributed by atoms with Crippen molar-refractivity contribution < 1.29 is 8.42 Å². The van der Waals surface area contributed by atoms with E-state index in [0.29, 0.717) is 16.5 Å². The van der Waals surface area contributed by atoms with Crippen molar-refractivity contribution in [2.75, 3.05) is 12.3 Å². The third-order valence-corrected chi connectivity index (χ3v) is 8.21. The van der Waals surface area contributed by atoms with E-state index in [0.717, 1.165) is 22.6 Å². The Hall–Kier alpha value is -0.830. The molecule has 1 aromatic heterocycles. The van der Waals surface area contributed by atoms with Crippen molar-refractivity contribution in [3.8, 4) is 0 Å². The summed E-state index contributed by atoms with van der Waals surface area (Å²) in [5.41, 5.74) is 0.761. The number of nitrogens with zero attached hydrogens (tertiary/aromatic N) is 1. The van der Waals surface area contributed by atoms with Gasteiger partial charge in [-0.2, -0.15) is 11.8 Å². The van der Waals surface area contributed by atoms with E-state index in [1.54, 1.807) is 25.2 Å². The quantitative estimate of drug-likeness (QED) is 0.775. The van der Waals surface area contributed by atoms with Crippen molar-refractivity contribution in [1.29, 1.82) is 0 Å². The standard InChI is InChI=1S/C16H22N2O3S3/c1-18-14-8-7-13(11-15(14)23-16(18)19)24(20,21)17-9-10-22-12-5-3-2-4-6-12/h7-8,11-12,17H,2-6,9-10H2,1H3. The number of fused-ring (bicyclic) bond motifs is 1. The Labute approximate surface area is 150 Å². The van der Waals surface area contributed by atoms with Crippen molar-refractivity contribution in [1.82, 2.24) is 9.29 Å². The first-order valence-corrected chi connectivity index (χ1v) is 11.5. The van der Waals surface area contributed by atoms with Crippen LogP contribution in [-0.4, -0.2) is 30.5 Å². The molecular weight excluding hydrogens is 364 g/mol. The summed E-state index contributed by atoms with van der Waals surface area (Å²) in [6.45, 7) is 0.437. The Balaban J connectivity index is 1.61. The zero-order valence-electron chi connectivity index (χ0n) is 13.7. The Morgan fingerprint density at radius 3 is 2.79 bits per heavy atom. The van der Waals surface area contributed by atoms with Gasteiger partial charge in [0.2, 0.25) is 10.0 Å². The number of aryl methyl sites for hydroxylation is 1. The van der Waals surface area contributed by atoms with Crippen LogP contribution in [0.3, 0.4) is 0 Å². The molecular formula is C16H22N2O3S3. The highest BCUT2D eigenvalue weighted by atomic mass is 32.2. The second kappa shape index (κ2) is 7.59. The van der Waals surface area contributed by atoms with Gasteiger partial charge >= 0.3 is 4.87 Å². The van der Waals surface area contributed by atoms with Crippen LogP contribution in [0.25, 0.3) is 10.2 Å². The summed E-state index contributed by atoms with van der Waals surface area (Å²) in [4.78, 5) is 11.8. The van der Waals surface area contributed by atoms with Crippen LogP contribution in [0.2, 0.25) is 0 Å². The average molecular weight is 387 g/mol. The van der Waals surface area contributed by atoms with Crippen molar-refractivity contribution in [3.63, 3.8) is 0 Å². The van der Waals surface area contributed by atoms with E-state index in [2.05, 4.69) is 4.72 Å². The van der Waals surface area contributed by atoms with Gasteiger partial charge in [0.25, 0.3) is 0 Å². The highest BCUT2D eigenvalue weighted by Gasteiger charge is 2.17. The molecule has 0 bridgehead atoms. The van der Waals surface area contributed by atoms with Crippen LogP contribution in [-0.2, 0) is 17.1 Å². The number of benzene rings is 1. The monoisotopic (exact) mass is 386 g/mol. The number of thioether (sulfide) groups is 1. The molecule has 132 valence electrons. The van der Waals surface area contributed by atoms with Gasteiger partial charge in [-0.15, -0.1) is 0 Å². The maximum absolute atomic E-state index is 12.4. The summed E-state index contributed by atoms with van der Waals surface area (Å²) in [6.07, 6.45) is 6.42. The summed E-state index contributed by atoms with van der Waals surface area (Å²) in [5, 5.41) is 0.682. The normalized spacial score (nSPS) is 16.7. The Morgan fingerprint density at radius 1 is 1.29 bits per heavy atom. The summed E-state index contributed by atoms with van der Waals surface area (Å²) >= 11 is 2.94. The number of hydrogen-bond donors (Lipinski definition) is 1. The molecule has 3 rings (SSSR count). The molecule has 2 aromatic rings. The minimum absolute atomic E-state index is 0.0867. The molecule has 0 radical (unpaired) electrons. The number of rotatable bonds is 6. The van der Waals surface area contributed by atoms with E-state index >= 15 is 0 Å². The summed E-state index contributed by atoms with van der Waals surface area (Å²) in [7, 11) is -1.84. The maximum Gasteiger partial charge on any atom is 0.307 e. The Bertz CT molecular complexity index is 864. The zero-order chi connectivity index (χ0) is 17.2. The number of thiazole rings is 1. The third kappa shape index (κ3) is 4.04. The molecule has 0 amide bonds. The van der Waals surface area contributed by atoms with Gasteiger partial charge in [-0.25, -0.2) is 13.1 Å². The van der Waals surface area contributed by atoms with E-state index in [1.807, 2.05) is 11.8 Å². The number of nitrogens with one attached hydrogen (secondary N) is 1. The van der Waals surface area contributed by atoms with Gasteiger partial charge in [0.05, 0.1) is 15.1 Å². The molecule has 0 unspecified atom stereocenters. The smallest absolute Gasteiger partial charge is 0.302 e. The summed E-state index contributed by atoms with van der Waals surface area (Å²) < 4.78 is 29.7. The average Bonchev–Trinajstić information content (AvgIpc) is 2.87. The van der Waals surface area contributed by atoms with Gasteiger partial charge in [0, 0.05) is 24.6 Å². The largest absolute Gasteiger partial charge is 0.307 e. The molecule has 24 heavy (non-hydrogen) atoms. The van der Waals surface area contributed by atoms with Crippen molar-refractivity contribution in [3.05, 3.63) is 27.9 Å². The van der Waals surface area contributed by atoms with Crippen LogP contribution in [0.4, 0.5) is 0 Å². The van der Waals surface area contributed by atoms with Crippen LogP contribution in [0, 0.1) is 0 Å². The van der Waals surface area contributed by atoms with E-state index in [9.17, 15) is 13.2 Å². The molecule has 0 aliphatic heterocycles. The summed E-state index contributed by atoms with van der Waals surface area (Å²) in [5.74, 6) is 0.796. The molecule has 0 saturated heterocycles. The predicted molar refractivity (Wildman–Crippen MR) is 102 cm³/mol. The molecule has 0 atom stereocenters. The summed E-state index contributed by atoms with van der Waals surface area (Å²) in [6, 6.07) is 4.84. The molecule has 5 nitrogen and oxygen atoms in total. The van der Waals surface area contributed by atoms with Gasteiger partial charge in [0.1, 0.15) is 0 Å². The lowest BCUT2D eigenvalue weighted by Crippen LogP contribution is -2.26. The van der Waals surface area contributed by atoms with Crippen molar-refractivity contribution in [2.24, 2.45) is 7.05 Å². The fourth-order valence-corrected chi connectivity index (χ4v) is 6.40. The molecule has 1 N–H and O–H groups in total. The molecule has 0 spiro atoms. The van der Waals surface area contributed by atoms with Crippen molar-refractivity contribution in [2.45, 2.75) is 42.2 Å². The van der Waals surface area contributed by atoms with E-state index in [-0.39, 0.29) is 9.77 Å². The fourth-order valence-electron chi connectivity index (χ4n) is 3.00. The van der Waals surface area contributed by atoms with Crippen LogP contribution >= 0.6 is 23.1 Å². The topological polar surface area (TPSA) is 68.2 Å². The van der Waals surface area contributed by atoms with Crippen molar-refractivity contribution >= 4 is 43.3 Å². The van der Waals surface area contributed by atoms with Crippen LogP contribution in [0.15, 0.2) is 27.9 Å². The molecule has 1 aliphatic rings. The molecule has 1 saturated carbocycles. The van der Waals surface area contributed by atoms with E-state index in [1.165, 1.54) is 36.7 Å². The maximum atomic E-state index is 12.4. The fraction of sp³-hybridized carbons (Fsp3) is 0.562. The number of aromatic nitrogens is 1. The van der Waals surface area contributed by atoms with E-state index in [4.69, 9.17) is 0 Å². The lowest BCUT2D eigenvalue weighted by atomic mass is 10.0. The SMILES string of the molecule is Cn1c(=O)sc2cc(S(=O)(=O)NCCSC3CCCCC3)ccc21. The van der Waals surface area contributed by atoms with Gasteiger partial charge < -0.3 is 4.57 Å². The van der Waals surface area contributed by atoms with Crippen LogP contribution < -0.4 is 9.60 Å². The number of hydrogen-bond acceptors (Lipinski definition) is 5. The third-order valence-electron chi connectivity index (χ3n) is 4.37. The predicted octanol–water partition coefficient (Wildman–Crippen LogP) is 2.94. The number of sulfonamides is 1. The van der Waals surface area contributed by atoms with Crippen LogP contribution in [0.5, 0.6) is 0 Å². The minimum Gasteiger partial charge on any atom is -0.302 e. The molecule has 1 fully saturated rings. The highest BCUT2D eigenvalue weighted by molar-refractivity contribution is 8.00. The van der Waals surface area contributed by atoms with Gasteiger partial charge in [0.15, 0.2) is 0 Å². The molecule has 1 heterocycles. The zero-order valence-corrected chi connectivity index (χ0v) is 16.1. The van der Waals surface area contributed by atoms with Gasteiger partial charge in [-0.3, -0.25) is 4.79 Å². The van der Waals surface area contributed by atoms with Gasteiger partial charge in [-0.1, -0.05) is 30.6 Å². The lowest BCUT2D eigenvalue weighted by molar-refractivity contribution is 0.516. The highest BCUT2D eigenvalue weighted by Crippen LogP contribution is 2.28. The first-order valence-electron chi connectivity index (χ1n) is 8.18. The second-order valence-electron chi connectivity index (χ2n) is 6.09. The molecule has 1 aliphatic carbocycles. The second-order valence-corrected chi connectivity index (χ2v) is 10.3. The molecule has 8 heteroatoms. The first kappa shape index (κ1) is 18.0. The molecule has 1 aromatic carbocycles. The Morgan fingerprint density at radius 2 is 2.04 bits per heavy atom. The lowest BCUT2D eigenvalue weighted by Gasteiger charge is -2.20. The van der Waals surface area contributed by atoms with Gasteiger partial charge in [-0.05, 0) is 31.0 Å². The van der Waals surface area contributed by atoms with Crippen LogP contribution in [0.1, 0.15) is 32.1 Å². The Kier molecular flexibility index (Phi) is 5.69. The minimum atomic E-state index is -3.53. The van der Waals surface area contributed by atoms with E-state index < -0.39 is 10.0 Å².